The topological polar surface area (TPSA) is 121 Å². The second-order valence-electron chi connectivity index (χ2n) is 7.45. The number of anilines is 3. The molecule has 1 aliphatic heterocycles. The lowest BCUT2D eigenvalue weighted by atomic mass is 10.2. The molecule has 1 atom stereocenters. The Labute approximate surface area is 177 Å². The van der Waals surface area contributed by atoms with E-state index in [-0.39, 0.29) is 24.5 Å². The minimum absolute atomic E-state index is 0.0869. The van der Waals surface area contributed by atoms with Gasteiger partial charge in [0, 0.05) is 31.0 Å². The zero-order chi connectivity index (χ0) is 22.0. The van der Waals surface area contributed by atoms with Crippen molar-refractivity contribution in [2.75, 3.05) is 42.1 Å². The van der Waals surface area contributed by atoms with Gasteiger partial charge >= 0.3 is 0 Å². The van der Waals surface area contributed by atoms with Crippen molar-refractivity contribution in [3.05, 3.63) is 52.6 Å². The monoisotopic (exact) mass is 428 g/mol. The van der Waals surface area contributed by atoms with E-state index in [1.807, 2.05) is 15.6 Å². The highest BCUT2D eigenvalue weighted by atomic mass is 19.1. The second-order valence-corrected chi connectivity index (χ2v) is 7.45. The molecule has 0 unspecified atom stereocenters. The molecule has 0 saturated heterocycles. The van der Waals surface area contributed by atoms with E-state index in [4.69, 9.17) is 16.2 Å². The first-order chi connectivity index (χ1) is 15.0. The first-order valence-corrected chi connectivity index (χ1v) is 10.1. The summed E-state index contributed by atoms with van der Waals surface area (Å²) < 4.78 is 23.3. The summed E-state index contributed by atoms with van der Waals surface area (Å²) >= 11 is 0. The van der Waals surface area contributed by atoms with E-state index < -0.39 is 6.10 Å². The van der Waals surface area contributed by atoms with Gasteiger partial charge in [-0.15, -0.1) is 0 Å². The van der Waals surface area contributed by atoms with Crippen molar-refractivity contribution < 1.29 is 13.9 Å². The summed E-state index contributed by atoms with van der Waals surface area (Å²) in [4.78, 5) is 25.2. The number of nitrogen functional groups attached to an aromatic ring is 1. The number of rotatable bonds is 7. The summed E-state index contributed by atoms with van der Waals surface area (Å²) in [7, 11) is 0. The normalized spacial score (nSPS) is 14.7. The van der Waals surface area contributed by atoms with Gasteiger partial charge < -0.3 is 26.4 Å². The number of hydrogen-bond acceptors (Lipinski definition) is 7. The number of benzene rings is 2. The highest BCUT2D eigenvalue weighted by Crippen LogP contribution is 2.25. The number of fused-ring (bicyclic) bond motifs is 3. The molecule has 31 heavy (non-hydrogen) atoms. The maximum absolute atomic E-state index is 14.9. The lowest BCUT2D eigenvalue weighted by Crippen LogP contribution is -2.31. The first-order valence-electron chi connectivity index (χ1n) is 10.1. The first kappa shape index (κ1) is 20.7. The van der Waals surface area contributed by atoms with Crippen molar-refractivity contribution in [2.24, 2.45) is 5.73 Å². The van der Waals surface area contributed by atoms with Crippen molar-refractivity contribution >= 4 is 34.4 Å². The Morgan fingerprint density at radius 2 is 1.90 bits per heavy atom. The number of ether oxygens (including phenoxy) is 1. The Kier molecular flexibility index (Phi) is 5.81. The van der Waals surface area contributed by atoms with E-state index in [1.54, 1.807) is 28.9 Å². The Morgan fingerprint density at radius 3 is 2.61 bits per heavy atom. The SMILES string of the molecule is NC[C@@H](CNc1ccc(N2CCn3c(=O)c4cc(N)ccc4n3CC2)c(F)c1)OC=O. The third-order valence-electron chi connectivity index (χ3n) is 5.55. The number of nitrogens with zero attached hydrogens (tertiary/aromatic N) is 3. The van der Waals surface area contributed by atoms with Gasteiger partial charge in [-0.05, 0) is 36.4 Å². The van der Waals surface area contributed by atoms with Crippen LogP contribution in [0.15, 0.2) is 41.2 Å². The van der Waals surface area contributed by atoms with Crippen LogP contribution in [0.1, 0.15) is 0 Å². The Bertz CT molecular complexity index is 1160. The van der Waals surface area contributed by atoms with Crippen molar-refractivity contribution in [1.29, 1.82) is 0 Å². The Balaban J connectivity index is 1.50. The lowest BCUT2D eigenvalue weighted by Gasteiger charge is -2.23. The molecule has 0 radical (unpaired) electrons. The standard InChI is InChI=1S/C21H25FN6O3/c22-18-10-15(25-12-16(11-23)31-13-29)2-4-20(18)26-5-7-27-19-3-1-14(24)9-17(19)21(30)28(27)8-6-26/h1-4,9-10,13,16,25H,5-8,11-12,23-24H2/t16-/m0/s1. The molecule has 164 valence electrons. The van der Waals surface area contributed by atoms with Crippen LogP contribution < -0.4 is 27.2 Å². The van der Waals surface area contributed by atoms with Crippen LogP contribution in [-0.2, 0) is 22.6 Å². The van der Waals surface area contributed by atoms with Crippen LogP contribution >= 0.6 is 0 Å². The Hall–Kier alpha value is -3.53. The molecular weight excluding hydrogens is 403 g/mol. The zero-order valence-electron chi connectivity index (χ0n) is 17.0. The molecule has 1 aromatic heterocycles. The van der Waals surface area contributed by atoms with Gasteiger partial charge in [0.05, 0.1) is 36.2 Å². The van der Waals surface area contributed by atoms with Gasteiger partial charge in [0.25, 0.3) is 12.0 Å². The fraction of sp³-hybridized carbons (Fsp3) is 0.333. The molecule has 4 rings (SSSR count). The fourth-order valence-corrected chi connectivity index (χ4v) is 3.95. The molecule has 0 aliphatic carbocycles. The van der Waals surface area contributed by atoms with Crippen LogP contribution in [0, 0.1) is 5.82 Å². The predicted octanol–water partition coefficient (Wildman–Crippen LogP) is 0.957. The third-order valence-corrected chi connectivity index (χ3v) is 5.55. The largest absolute Gasteiger partial charge is 0.461 e. The molecule has 5 N–H and O–H groups in total. The highest BCUT2D eigenvalue weighted by Gasteiger charge is 2.21. The predicted molar refractivity (Wildman–Crippen MR) is 118 cm³/mol. The number of nitrogens with one attached hydrogen (secondary N) is 1. The van der Waals surface area contributed by atoms with Crippen molar-refractivity contribution in [1.82, 2.24) is 9.36 Å². The van der Waals surface area contributed by atoms with Crippen molar-refractivity contribution in [3.63, 3.8) is 0 Å². The summed E-state index contributed by atoms with van der Waals surface area (Å²) in [5.41, 5.74) is 13.7. The average molecular weight is 428 g/mol. The highest BCUT2D eigenvalue weighted by molar-refractivity contribution is 5.82. The lowest BCUT2D eigenvalue weighted by molar-refractivity contribution is -0.132. The quantitative estimate of drug-likeness (QED) is 0.379. The van der Waals surface area contributed by atoms with Gasteiger partial charge in [0.15, 0.2) is 0 Å². The minimum Gasteiger partial charge on any atom is -0.461 e. The van der Waals surface area contributed by atoms with Crippen LogP contribution in [0.3, 0.4) is 0 Å². The van der Waals surface area contributed by atoms with E-state index in [1.165, 1.54) is 6.07 Å². The van der Waals surface area contributed by atoms with Crippen LogP contribution in [0.2, 0.25) is 0 Å². The van der Waals surface area contributed by atoms with Crippen LogP contribution in [0.4, 0.5) is 21.5 Å². The molecular formula is C21H25FN6O3. The number of aromatic nitrogens is 2. The number of nitrogens with two attached hydrogens (primary N) is 2. The molecule has 2 heterocycles. The minimum atomic E-state index is -0.482. The number of carbonyl (C=O) groups excluding carboxylic acids is 1. The summed E-state index contributed by atoms with van der Waals surface area (Å²) in [6.07, 6.45) is -0.482. The van der Waals surface area contributed by atoms with Gasteiger partial charge in [0.2, 0.25) is 0 Å². The smallest absolute Gasteiger partial charge is 0.293 e. The van der Waals surface area contributed by atoms with Gasteiger partial charge in [-0.2, -0.15) is 0 Å². The molecule has 0 fully saturated rings. The average Bonchev–Trinajstić information content (AvgIpc) is 2.90. The summed E-state index contributed by atoms with van der Waals surface area (Å²) in [5.74, 6) is -0.373. The van der Waals surface area contributed by atoms with Crippen LogP contribution in [0.25, 0.3) is 10.9 Å². The van der Waals surface area contributed by atoms with Gasteiger partial charge in [-0.1, -0.05) is 0 Å². The van der Waals surface area contributed by atoms with E-state index in [9.17, 15) is 14.0 Å². The molecule has 2 aromatic carbocycles. The summed E-state index contributed by atoms with van der Waals surface area (Å²) in [6, 6.07) is 10.2. The van der Waals surface area contributed by atoms with Crippen LogP contribution in [-0.4, -0.2) is 48.1 Å². The molecule has 0 saturated carbocycles. The molecule has 0 bridgehead atoms. The van der Waals surface area contributed by atoms with E-state index in [0.717, 1.165) is 5.52 Å². The fourth-order valence-electron chi connectivity index (χ4n) is 3.95. The molecule has 0 spiro atoms. The molecule has 0 amide bonds. The molecule has 10 heteroatoms. The van der Waals surface area contributed by atoms with E-state index >= 15 is 0 Å². The zero-order valence-corrected chi connectivity index (χ0v) is 17.0. The summed E-state index contributed by atoms with van der Waals surface area (Å²) in [5, 5.41) is 3.63. The molecule has 3 aromatic rings. The van der Waals surface area contributed by atoms with E-state index in [2.05, 4.69) is 5.32 Å². The summed E-state index contributed by atoms with van der Waals surface area (Å²) in [6.45, 7) is 2.84. The third kappa shape index (κ3) is 4.06. The molecule has 9 nitrogen and oxygen atoms in total. The van der Waals surface area contributed by atoms with Gasteiger partial charge in [0.1, 0.15) is 11.9 Å². The van der Waals surface area contributed by atoms with Gasteiger partial charge in [-0.25, -0.2) is 9.07 Å². The number of carbonyl (C=O) groups is 1. The molecule has 1 aliphatic rings. The second kappa shape index (κ2) is 8.68. The number of hydrogen-bond donors (Lipinski definition) is 3. The Morgan fingerprint density at radius 1 is 1.13 bits per heavy atom. The maximum Gasteiger partial charge on any atom is 0.293 e. The maximum atomic E-state index is 14.9. The number of halogens is 1. The van der Waals surface area contributed by atoms with Crippen molar-refractivity contribution in [2.45, 2.75) is 19.2 Å². The van der Waals surface area contributed by atoms with Crippen molar-refractivity contribution in [3.8, 4) is 0 Å². The van der Waals surface area contributed by atoms with Gasteiger partial charge in [-0.3, -0.25) is 14.3 Å². The van der Waals surface area contributed by atoms with E-state index in [0.29, 0.717) is 55.1 Å². The van der Waals surface area contributed by atoms with Crippen LogP contribution in [0.5, 0.6) is 0 Å².